The van der Waals surface area contributed by atoms with E-state index >= 15 is 0 Å². The van der Waals surface area contributed by atoms with E-state index in [1.807, 2.05) is 7.05 Å². The van der Waals surface area contributed by atoms with Crippen molar-refractivity contribution in [2.24, 2.45) is 5.92 Å². The second kappa shape index (κ2) is 4.58. The molecule has 1 aliphatic heterocycles. The lowest BCUT2D eigenvalue weighted by molar-refractivity contribution is -0.143. The zero-order chi connectivity index (χ0) is 9.84. The Hall–Kier alpha value is -0.610. The maximum absolute atomic E-state index is 11.0. The largest absolute Gasteiger partial charge is 0.469 e. The van der Waals surface area contributed by atoms with Crippen LogP contribution in [0.4, 0.5) is 0 Å². The summed E-state index contributed by atoms with van der Waals surface area (Å²) in [6.45, 7) is 1.60. The highest BCUT2D eigenvalue weighted by atomic mass is 16.5. The topological polar surface area (TPSA) is 49.8 Å². The fourth-order valence-electron chi connectivity index (χ4n) is 1.67. The van der Waals surface area contributed by atoms with Gasteiger partial charge in [0.25, 0.3) is 0 Å². The normalized spacial score (nSPS) is 30.1. The van der Waals surface area contributed by atoms with Gasteiger partial charge >= 0.3 is 5.97 Å². The van der Waals surface area contributed by atoms with Crippen molar-refractivity contribution in [2.45, 2.75) is 18.9 Å². The molecule has 0 bridgehead atoms. The molecule has 13 heavy (non-hydrogen) atoms. The Morgan fingerprint density at radius 2 is 2.38 bits per heavy atom. The molecule has 4 nitrogen and oxygen atoms in total. The van der Waals surface area contributed by atoms with Gasteiger partial charge in [-0.1, -0.05) is 0 Å². The summed E-state index contributed by atoms with van der Waals surface area (Å²) in [6.07, 6.45) is 0.816. The molecule has 4 heteroatoms. The molecular formula is C9H17NO3. The van der Waals surface area contributed by atoms with Gasteiger partial charge in [0, 0.05) is 6.54 Å². The Morgan fingerprint density at radius 1 is 1.69 bits per heavy atom. The highest BCUT2D eigenvalue weighted by molar-refractivity contribution is 5.69. The maximum Gasteiger partial charge on any atom is 0.305 e. The predicted molar refractivity (Wildman–Crippen MR) is 48.2 cm³/mol. The van der Waals surface area contributed by atoms with Gasteiger partial charge in [-0.05, 0) is 25.9 Å². The van der Waals surface area contributed by atoms with E-state index < -0.39 is 6.10 Å². The summed E-state index contributed by atoms with van der Waals surface area (Å²) in [4.78, 5) is 13.0. The van der Waals surface area contributed by atoms with Crippen molar-refractivity contribution in [1.82, 2.24) is 4.90 Å². The van der Waals surface area contributed by atoms with Gasteiger partial charge in [0.05, 0.1) is 19.6 Å². The Kier molecular flexibility index (Phi) is 3.69. The number of carbonyl (C=O) groups is 1. The van der Waals surface area contributed by atoms with Gasteiger partial charge in [-0.2, -0.15) is 0 Å². The molecule has 0 saturated carbocycles. The molecule has 0 aromatic rings. The number of nitrogens with zero attached hydrogens (tertiary/aromatic N) is 1. The van der Waals surface area contributed by atoms with Crippen molar-refractivity contribution in [3.8, 4) is 0 Å². The Morgan fingerprint density at radius 3 is 2.92 bits per heavy atom. The molecular weight excluding hydrogens is 170 g/mol. The highest BCUT2D eigenvalue weighted by Gasteiger charge is 2.27. The fraction of sp³-hybridized carbons (Fsp3) is 0.889. The predicted octanol–water partition coefficient (Wildman–Crippen LogP) is -0.138. The first-order chi connectivity index (χ1) is 6.13. The third-order valence-electron chi connectivity index (χ3n) is 2.58. The fourth-order valence-corrected chi connectivity index (χ4v) is 1.67. The summed E-state index contributed by atoms with van der Waals surface area (Å²) in [5, 5.41) is 9.63. The number of ether oxygens (including phenoxy) is 1. The third kappa shape index (κ3) is 2.97. The smallest absolute Gasteiger partial charge is 0.305 e. The lowest BCUT2D eigenvalue weighted by Crippen LogP contribution is -2.42. The van der Waals surface area contributed by atoms with Crippen LogP contribution >= 0.6 is 0 Å². The summed E-state index contributed by atoms with van der Waals surface area (Å²) < 4.78 is 4.56. The highest BCUT2D eigenvalue weighted by Crippen LogP contribution is 2.20. The maximum atomic E-state index is 11.0. The second-order valence-corrected chi connectivity index (χ2v) is 3.66. The Balaban J connectivity index is 2.38. The molecule has 1 fully saturated rings. The zero-order valence-corrected chi connectivity index (χ0v) is 8.19. The van der Waals surface area contributed by atoms with Crippen molar-refractivity contribution in [3.05, 3.63) is 0 Å². The van der Waals surface area contributed by atoms with E-state index in [4.69, 9.17) is 0 Å². The molecule has 0 radical (unpaired) electrons. The minimum atomic E-state index is -0.391. The number of hydrogen-bond acceptors (Lipinski definition) is 4. The van der Waals surface area contributed by atoms with Gasteiger partial charge in [-0.25, -0.2) is 0 Å². The molecule has 1 heterocycles. The first-order valence-corrected chi connectivity index (χ1v) is 4.57. The summed E-state index contributed by atoms with van der Waals surface area (Å²) in [6, 6.07) is 0. The average Bonchev–Trinajstić information content (AvgIpc) is 2.09. The molecule has 0 aromatic heterocycles. The minimum absolute atomic E-state index is 0.0728. The molecule has 2 unspecified atom stereocenters. The number of hydrogen-bond donors (Lipinski definition) is 1. The van der Waals surface area contributed by atoms with Crippen molar-refractivity contribution >= 4 is 5.97 Å². The molecule has 1 rings (SSSR count). The molecule has 0 aromatic carbocycles. The molecule has 76 valence electrons. The first kappa shape index (κ1) is 10.5. The van der Waals surface area contributed by atoms with Crippen molar-refractivity contribution in [2.75, 3.05) is 27.2 Å². The number of aliphatic hydroxyl groups excluding tert-OH is 1. The SMILES string of the molecule is COC(=O)CC1CCN(C)CC1O. The number of β-amino-alcohol motifs (C(OH)–C–C–N with tert-alkyl or cyclic N) is 1. The summed E-state index contributed by atoms with van der Waals surface area (Å²) in [7, 11) is 3.35. The van der Waals surface area contributed by atoms with Gasteiger partial charge in [-0.15, -0.1) is 0 Å². The van der Waals surface area contributed by atoms with E-state index in [-0.39, 0.29) is 11.9 Å². The van der Waals surface area contributed by atoms with Gasteiger partial charge in [0.15, 0.2) is 0 Å². The van der Waals surface area contributed by atoms with Crippen LogP contribution in [0.1, 0.15) is 12.8 Å². The average molecular weight is 187 g/mol. The number of likely N-dealkylation sites (N-methyl/N-ethyl adjacent to an activating group) is 1. The van der Waals surface area contributed by atoms with Crippen LogP contribution in [0.15, 0.2) is 0 Å². The van der Waals surface area contributed by atoms with Gasteiger partial charge in [-0.3, -0.25) is 4.79 Å². The quantitative estimate of drug-likeness (QED) is 0.611. The Bertz CT molecular complexity index is 184. The molecule has 0 spiro atoms. The second-order valence-electron chi connectivity index (χ2n) is 3.66. The monoisotopic (exact) mass is 187 g/mol. The zero-order valence-electron chi connectivity index (χ0n) is 8.19. The summed E-state index contributed by atoms with van der Waals surface area (Å²) in [5.41, 5.74) is 0. The van der Waals surface area contributed by atoms with Crippen LogP contribution in [0.5, 0.6) is 0 Å². The molecule has 1 aliphatic rings. The van der Waals surface area contributed by atoms with Crippen molar-refractivity contribution in [1.29, 1.82) is 0 Å². The lowest BCUT2D eigenvalue weighted by Gasteiger charge is -2.32. The van der Waals surface area contributed by atoms with Crippen LogP contribution in [0.3, 0.4) is 0 Å². The molecule has 0 aliphatic carbocycles. The van der Waals surface area contributed by atoms with Crippen molar-refractivity contribution < 1.29 is 14.6 Å². The van der Waals surface area contributed by atoms with Crippen LogP contribution in [0.2, 0.25) is 0 Å². The van der Waals surface area contributed by atoms with E-state index in [1.165, 1.54) is 7.11 Å². The van der Waals surface area contributed by atoms with E-state index in [0.717, 1.165) is 13.0 Å². The summed E-state index contributed by atoms with van der Waals surface area (Å²) >= 11 is 0. The standard InChI is InChI=1S/C9H17NO3/c1-10-4-3-7(8(11)6-10)5-9(12)13-2/h7-8,11H,3-6H2,1-2H3. The van der Waals surface area contributed by atoms with Crippen LogP contribution in [-0.4, -0.2) is 49.3 Å². The third-order valence-corrected chi connectivity index (χ3v) is 2.58. The van der Waals surface area contributed by atoms with E-state index in [1.54, 1.807) is 0 Å². The van der Waals surface area contributed by atoms with Gasteiger partial charge in [0.1, 0.15) is 0 Å². The van der Waals surface area contributed by atoms with E-state index in [2.05, 4.69) is 9.64 Å². The number of rotatable bonds is 2. The van der Waals surface area contributed by atoms with Crippen LogP contribution in [0.25, 0.3) is 0 Å². The van der Waals surface area contributed by atoms with E-state index in [0.29, 0.717) is 13.0 Å². The van der Waals surface area contributed by atoms with Crippen molar-refractivity contribution in [3.63, 3.8) is 0 Å². The van der Waals surface area contributed by atoms with Crippen LogP contribution in [-0.2, 0) is 9.53 Å². The minimum Gasteiger partial charge on any atom is -0.469 e. The number of methoxy groups -OCH3 is 1. The lowest BCUT2D eigenvalue weighted by atomic mass is 9.91. The molecule has 0 amide bonds. The number of piperidine rings is 1. The molecule has 1 saturated heterocycles. The number of likely N-dealkylation sites (tertiary alicyclic amines) is 1. The number of aliphatic hydroxyl groups is 1. The first-order valence-electron chi connectivity index (χ1n) is 4.57. The van der Waals surface area contributed by atoms with Crippen LogP contribution < -0.4 is 0 Å². The molecule has 2 atom stereocenters. The van der Waals surface area contributed by atoms with Gasteiger partial charge in [0.2, 0.25) is 0 Å². The number of carbonyl (C=O) groups excluding carboxylic acids is 1. The van der Waals surface area contributed by atoms with Gasteiger partial charge < -0.3 is 14.7 Å². The van der Waals surface area contributed by atoms with E-state index in [9.17, 15) is 9.90 Å². The molecule has 1 N–H and O–H groups in total. The Labute approximate surface area is 78.5 Å². The van der Waals surface area contributed by atoms with Crippen LogP contribution in [0, 0.1) is 5.92 Å². The number of esters is 1. The summed E-state index contributed by atoms with van der Waals surface area (Å²) in [5.74, 6) is -0.155.